The summed E-state index contributed by atoms with van der Waals surface area (Å²) in [5.41, 5.74) is 1.40. The Labute approximate surface area is 167 Å². The van der Waals surface area contributed by atoms with E-state index in [1.165, 1.54) is 30.0 Å². The van der Waals surface area contributed by atoms with Crippen LogP contribution in [0.1, 0.15) is 12.5 Å². The van der Waals surface area contributed by atoms with Crippen LogP contribution in [0.15, 0.2) is 54.2 Å². The van der Waals surface area contributed by atoms with Crippen molar-refractivity contribution < 1.29 is 23.9 Å². The molecule has 7 nitrogen and oxygen atoms in total. The van der Waals surface area contributed by atoms with Gasteiger partial charge in [0.05, 0.1) is 17.9 Å². The molecule has 0 radical (unpaired) electrons. The zero-order valence-electron chi connectivity index (χ0n) is 16.0. The summed E-state index contributed by atoms with van der Waals surface area (Å²) >= 11 is 0. The number of nitrogens with one attached hydrogen (secondary N) is 1. The van der Waals surface area contributed by atoms with Gasteiger partial charge in [0.25, 0.3) is 11.8 Å². The summed E-state index contributed by atoms with van der Waals surface area (Å²) in [5, 5.41) is 11.9. The molecule has 0 bridgehead atoms. The van der Waals surface area contributed by atoms with Crippen LogP contribution in [0.5, 0.6) is 0 Å². The number of halogens is 1. The molecule has 0 atom stereocenters. The molecule has 1 aliphatic rings. The molecule has 3 rings (SSSR count). The van der Waals surface area contributed by atoms with E-state index in [0.717, 1.165) is 11.0 Å². The van der Waals surface area contributed by atoms with Gasteiger partial charge in [-0.1, -0.05) is 18.2 Å². The highest BCUT2D eigenvalue weighted by molar-refractivity contribution is 6.45. The van der Waals surface area contributed by atoms with E-state index < -0.39 is 17.6 Å². The third kappa shape index (κ3) is 4.02. The number of carbonyl (C=O) groups is 3. The fourth-order valence-corrected chi connectivity index (χ4v) is 3.17. The van der Waals surface area contributed by atoms with E-state index in [0.29, 0.717) is 11.3 Å². The van der Waals surface area contributed by atoms with Crippen LogP contribution in [0.3, 0.4) is 0 Å². The predicted molar refractivity (Wildman–Crippen MR) is 106 cm³/mol. The third-order valence-electron chi connectivity index (χ3n) is 4.44. The van der Waals surface area contributed by atoms with Crippen molar-refractivity contribution in [1.29, 1.82) is 0 Å². The molecule has 2 aromatic carbocycles. The largest absolute Gasteiger partial charge is 0.395 e. The first-order chi connectivity index (χ1) is 13.8. The summed E-state index contributed by atoms with van der Waals surface area (Å²) in [5.74, 6) is -1.99. The van der Waals surface area contributed by atoms with Crippen LogP contribution in [-0.2, 0) is 14.4 Å². The minimum Gasteiger partial charge on any atom is -0.395 e. The normalized spacial score (nSPS) is 13.9. The van der Waals surface area contributed by atoms with Crippen LogP contribution in [-0.4, -0.2) is 47.9 Å². The van der Waals surface area contributed by atoms with Gasteiger partial charge in [0.15, 0.2) is 0 Å². The van der Waals surface area contributed by atoms with E-state index in [4.69, 9.17) is 0 Å². The molecule has 150 valence electrons. The van der Waals surface area contributed by atoms with Crippen LogP contribution in [0.4, 0.5) is 15.8 Å². The Morgan fingerprint density at radius 1 is 1.14 bits per heavy atom. The SMILES string of the molecule is CC(=O)Nc1ccc(C2=C(N(C)CCO)C(=O)N(c3cccc(F)c3)C2=O)cc1. The number of amides is 3. The molecule has 0 spiro atoms. The third-order valence-corrected chi connectivity index (χ3v) is 4.44. The first-order valence-corrected chi connectivity index (χ1v) is 8.92. The molecule has 8 heteroatoms. The number of aliphatic hydroxyl groups is 1. The monoisotopic (exact) mass is 397 g/mol. The molecule has 0 aromatic heterocycles. The Kier molecular flexibility index (Phi) is 5.74. The number of hydrogen-bond donors (Lipinski definition) is 2. The van der Waals surface area contributed by atoms with Gasteiger partial charge < -0.3 is 15.3 Å². The summed E-state index contributed by atoms with van der Waals surface area (Å²) < 4.78 is 13.7. The molecule has 2 aromatic rings. The molecule has 1 aliphatic heterocycles. The van der Waals surface area contributed by atoms with Crippen LogP contribution in [0.25, 0.3) is 5.57 Å². The Hall–Kier alpha value is -3.52. The molecule has 2 N–H and O–H groups in total. The van der Waals surface area contributed by atoms with Crippen LogP contribution >= 0.6 is 0 Å². The number of likely N-dealkylation sites (N-methyl/N-ethyl adjacent to an activating group) is 1. The quantitative estimate of drug-likeness (QED) is 0.728. The van der Waals surface area contributed by atoms with Gasteiger partial charge in [0.2, 0.25) is 5.91 Å². The van der Waals surface area contributed by atoms with E-state index in [-0.39, 0.29) is 36.0 Å². The lowest BCUT2D eigenvalue weighted by Gasteiger charge is -2.20. The fraction of sp³-hybridized carbons (Fsp3) is 0.190. The van der Waals surface area contributed by atoms with Gasteiger partial charge in [0.1, 0.15) is 11.5 Å². The Morgan fingerprint density at radius 2 is 1.83 bits per heavy atom. The van der Waals surface area contributed by atoms with Crippen molar-refractivity contribution in [3.63, 3.8) is 0 Å². The fourth-order valence-electron chi connectivity index (χ4n) is 3.17. The van der Waals surface area contributed by atoms with Gasteiger partial charge in [-0.15, -0.1) is 0 Å². The number of benzene rings is 2. The number of nitrogens with zero attached hydrogens (tertiary/aromatic N) is 2. The molecule has 0 aliphatic carbocycles. The van der Waals surface area contributed by atoms with Gasteiger partial charge in [0, 0.05) is 26.2 Å². The zero-order chi connectivity index (χ0) is 21.1. The number of imide groups is 1. The second-order valence-electron chi connectivity index (χ2n) is 6.55. The standard InChI is InChI=1S/C21H20FN3O4/c1-13(27)23-16-8-6-14(7-9-16)18-19(24(2)10-11-26)21(29)25(20(18)28)17-5-3-4-15(22)12-17/h3-9,12,26H,10-11H2,1-2H3,(H,23,27). The Bertz CT molecular complexity index is 1000. The smallest absolute Gasteiger partial charge is 0.282 e. The van der Waals surface area contributed by atoms with Gasteiger partial charge >= 0.3 is 0 Å². The number of hydrogen-bond acceptors (Lipinski definition) is 5. The highest BCUT2D eigenvalue weighted by Crippen LogP contribution is 2.34. The maximum Gasteiger partial charge on any atom is 0.282 e. The minimum atomic E-state index is -0.600. The highest BCUT2D eigenvalue weighted by Gasteiger charge is 2.41. The van der Waals surface area contributed by atoms with Crippen LogP contribution in [0, 0.1) is 5.82 Å². The van der Waals surface area contributed by atoms with Crippen molar-refractivity contribution >= 4 is 34.7 Å². The molecule has 0 saturated heterocycles. The Morgan fingerprint density at radius 3 is 2.41 bits per heavy atom. The van der Waals surface area contributed by atoms with Crippen molar-refractivity contribution in [2.45, 2.75) is 6.92 Å². The zero-order valence-corrected chi connectivity index (χ0v) is 16.0. The van der Waals surface area contributed by atoms with E-state index in [2.05, 4.69) is 5.32 Å². The van der Waals surface area contributed by atoms with Crippen molar-refractivity contribution in [2.75, 3.05) is 30.4 Å². The first kappa shape index (κ1) is 20.2. The number of aliphatic hydroxyl groups excluding tert-OH is 1. The van der Waals surface area contributed by atoms with E-state index in [1.54, 1.807) is 31.3 Å². The topological polar surface area (TPSA) is 90.0 Å². The average molecular weight is 397 g/mol. The van der Waals surface area contributed by atoms with Crippen molar-refractivity contribution in [2.24, 2.45) is 0 Å². The highest BCUT2D eigenvalue weighted by atomic mass is 19.1. The Balaban J connectivity index is 2.07. The second kappa shape index (κ2) is 8.24. The summed E-state index contributed by atoms with van der Waals surface area (Å²) in [7, 11) is 1.59. The second-order valence-corrected chi connectivity index (χ2v) is 6.55. The molecule has 0 saturated carbocycles. The van der Waals surface area contributed by atoms with Crippen molar-refractivity contribution in [3.05, 3.63) is 65.6 Å². The molecular weight excluding hydrogens is 377 g/mol. The van der Waals surface area contributed by atoms with Crippen LogP contribution in [0.2, 0.25) is 0 Å². The number of anilines is 2. The van der Waals surface area contributed by atoms with E-state index in [1.807, 2.05) is 0 Å². The lowest BCUT2D eigenvalue weighted by Crippen LogP contribution is -2.34. The van der Waals surface area contributed by atoms with Crippen molar-refractivity contribution in [1.82, 2.24) is 4.90 Å². The lowest BCUT2D eigenvalue weighted by molar-refractivity contribution is -0.120. The number of rotatable bonds is 6. The van der Waals surface area contributed by atoms with Gasteiger partial charge in [-0.3, -0.25) is 14.4 Å². The van der Waals surface area contributed by atoms with Gasteiger partial charge in [-0.25, -0.2) is 9.29 Å². The first-order valence-electron chi connectivity index (χ1n) is 8.92. The minimum absolute atomic E-state index is 0.112. The van der Waals surface area contributed by atoms with Crippen molar-refractivity contribution in [3.8, 4) is 0 Å². The number of carbonyl (C=O) groups excluding carboxylic acids is 3. The molecule has 3 amide bonds. The molecular formula is C21H20FN3O4. The maximum absolute atomic E-state index is 13.7. The molecule has 0 unspecified atom stereocenters. The predicted octanol–water partition coefficient (Wildman–Crippen LogP) is 1.99. The van der Waals surface area contributed by atoms with E-state index in [9.17, 15) is 23.9 Å². The summed E-state index contributed by atoms with van der Waals surface area (Å²) in [6.45, 7) is 1.31. The van der Waals surface area contributed by atoms with Gasteiger partial charge in [-0.2, -0.15) is 0 Å². The molecule has 1 heterocycles. The van der Waals surface area contributed by atoms with Gasteiger partial charge in [-0.05, 0) is 35.9 Å². The average Bonchev–Trinajstić information content (AvgIpc) is 2.92. The summed E-state index contributed by atoms with van der Waals surface area (Å²) in [4.78, 5) is 39.9. The van der Waals surface area contributed by atoms with Crippen LogP contribution < -0.4 is 10.2 Å². The lowest BCUT2D eigenvalue weighted by atomic mass is 10.0. The summed E-state index contributed by atoms with van der Waals surface area (Å²) in [6, 6.07) is 11.7. The van der Waals surface area contributed by atoms with E-state index >= 15 is 0 Å². The maximum atomic E-state index is 13.7. The molecule has 0 fully saturated rings. The summed E-state index contributed by atoms with van der Waals surface area (Å²) in [6.07, 6.45) is 0. The molecule has 29 heavy (non-hydrogen) atoms.